The number of rotatable bonds is 6. The Balaban J connectivity index is 2.13. The first-order valence-corrected chi connectivity index (χ1v) is 10.2. The maximum Gasteiger partial charge on any atom is 0.238 e. The van der Waals surface area contributed by atoms with Crippen LogP contribution in [0.25, 0.3) is 0 Å². The van der Waals surface area contributed by atoms with Crippen LogP contribution in [0.3, 0.4) is 0 Å². The SMILES string of the molecule is CCNC(=NCc1cccc(S(N)(=O)=O)c1)N(C)Cc1csc(C)n1. The highest BCUT2D eigenvalue weighted by Gasteiger charge is 2.10. The van der Waals surface area contributed by atoms with Crippen molar-refractivity contribution >= 4 is 27.3 Å². The number of hydrogen-bond acceptors (Lipinski definition) is 5. The Morgan fingerprint density at radius 2 is 2.20 bits per heavy atom. The number of primary sulfonamides is 1. The van der Waals surface area contributed by atoms with Gasteiger partial charge in [0.2, 0.25) is 10.0 Å². The fraction of sp³-hybridized carbons (Fsp3) is 0.375. The zero-order chi connectivity index (χ0) is 18.4. The second-order valence-corrected chi connectivity index (χ2v) is 8.20. The molecule has 0 fully saturated rings. The van der Waals surface area contributed by atoms with E-state index in [0.29, 0.717) is 13.1 Å². The average Bonchev–Trinajstić information content (AvgIpc) is 2.95. The molecule has 3 N–H and O–H groups in total. The quantitative estimate of drug-likeness (QED) is 0.586. The van der Waals surface area contributed by atoms with Gasteiger partial charge in [0.15, 0.2) is 5.96 Å². The van der Waals surface area contributed by atoms with E-state index in [1.54, 1.807) is 23.5 Å². The van der Waals surface area contributed by atoms with Gasteiger partial charge in [0.25, 0.3) is 0 Å². The minimum absolute atomic E-state index is 0.0940. The second kappa shape index (κ2) is 8.41. The van der Waals surface area contributed by atoms with Gasteiger partial charge in [0, 0.05) is 19.0 Å². The molecule has 0 aliphatic carbocycles. The molecule has 2 rings (SSSR count). The van der Waals surface area contributed by atoms with Crippen LogP contribution in [0.15, 0.2) is 39.5 Å². The summed E-state index contributed by atoms with van der Waals surface area (Å²) < 4.78 is 22.9. The molecule has 0 saturated carbocycles. The zero-order valence-electron chi connectivity index (χ0n) is 14.6. The largest absolute Gasteiger partial charge is 0.357 e. The van der Waals surface area contributed by atoms with Gasteiger partial charge in [-0.2, -0.15) is 0 Å². The van der Waals surface area contributed by atoms with Gasteiger partial charge in [-0.05, 0) is 31.5 Å². The van der Waals surface area contributed by atoms with E-state index < -0.39 is 10.0 Å². The van der Waals surface area contributed by atoms with Crippen LogP contribution >= 0.6 is 11.3 Å². The first kappa shape index (κ1) is 19.4. The van der Waals surface area contributed by atoms with Crippen LogP contribution in [0.2, 0.25) is 0 Å². The van der Waals surface area contributed by atoms with Crippen LogP contribution in [0.1, 0.15) is 23.2 Å². The molecule has 0 bridgehead atoms. The number of aryl methyl sites for hydroxylation is 1. The molecule has 0 amide bonds. The van der Waals surface area contributed by atoms with E-state index in [0.717, 1.165) is 28.8 Å². The number of aromatic nitrogens is 1. The second-order valence-electron chi connectivity index (χ2n) is 5.58. The van der Waals surface area contributed by atoms with Gasteiger partial charge in [0.1, 0.15) is 0 Å². The first-order chi connectivity index (χ1) is 11.8. The van der Waals surface area contributed by atoms with Gasteiger partial charge in [-0.25, -0.2) is 23.5 Å². The summed E-state index contributed by atoms with van der Waals surface area (Å²) in [5.74, 6) is 0.731. The highest BCUT2D eigenvalue weighted by molar-refractivity contribution is 7.89. The molecule has 0 saturated heterocycles. The first-order valence-electron chi connectivity index (χ1n) is 7.81. The number of aliphatic imine (C=N–C) groups is 1. The molecular weight excluding hydrogens is 358 g/mol. The molecule has 0 spiro atoms. The molecule has 0 aliphatic rings. The van der Waals surface area contributed by atoms with Crippen LogP contribution in [0, 0.1) is 6.92 Å². The number of hydrogen-bond donors (Lipinski definition) is 2. The molecule has 0 aliphatic heterocycles. The Morgan fingerprint density at radius 1 is 1.44 bits per heavy atom. The molecule has 1 aromatic carbocycles. The summed E-state index contributed by atoms with van der Waals surface area (Å²) in [6.45, 7) is 5.71. The van der Waals surface area contributed by atoms with Gasteiger partial charge in [0.05, 0.1) is 28.7 Å². The van der Waals surface area contributed by atoms with Crippen molar-refractivity contribution in [2.45, 2.75) is 31.8 Å². The molecule has 7 nitrogen and oxygen atoms in total. The van der Waals surface area contributed by atoms with E-state index in [9.17, 15) is 8.42 Å². The van der Waals surface area contributed by atoms with Crippen molar-refractivity contribution in [3.8, 4) is 0 Å². The van der Waals surface area contributed by atoms with E-state index in [4.69, 9.17) is 5.14 Å². The van der Waals surface area contributed by atoms with E-state index in [1.165, 1.54) is 6.07 Å². The topological polar surface area (TPSA) is 101 Å². The number of nitrogens with one attached hydrogen (secondary N) is 1. The summed E-state index contributed by atoms with van der Waals surface area (Å²) in [4.78, 5) is 11.1. The molecule has 25 heavy (non-hydrogen) atoms. The maximum atomic E-state index is 11.5. The number of guanidine groups is 1. The lowest BCUT2D eigenvalue weighted by molar-refractivity contribution is 0.471. The van der Waals surface area contributed by atoms with Gasteiger partial charge < -0.3 is 10.2 Å². The normalized spacial score (nSPS) is 12.2. The Hall–Kier alpha value is -1.97. The molecule has 1 heterocycles. The van der Waals surface area contributed by atoms with Crippen LogP contribution < -0.4 is 10.5 Å². The Morgan fingerprint density at radius 3 is 2.80 bits per heavy atom. The lowest BCUT2D eigenvalue weighted by Crippen LogP contribution is -2.38. The monoisotopic (exact) mass is 381 g/mol. The van der Waals surface area contributed by atoms with E-state index in [1.807, 2.05) is 37.2 Å². The maximum absolute atomic E-state index is 11.5. The standard InChI is InChI=1S/C16H23N5O2S2/c1-4-18-16(21(3)10-14-11-24-12(2)20-14)19-9-13-6-5-7-15(8-13)25(17,22)23/h5-8,11H,4,9-10H2,1-3H3,(H,18,19)(H2,17,22,23). The van der Waals surface area contributed by atoms with Crippen LogP contribution in [-0.2, 0) is 23.1 Å². The van der Waals surface area contributed by atoms with Gasteiger partial charge in [-0.1, -0.05) is 12.1 Å². The summed E-state index contributed by atoms with van der Waals surface area (Å²) >= 11 is 1.62. The van der Waals surface area contributed by atoms with E-state index in [-0.39, 0.29) is 4.90 Å². The molecule has 0 radical (unpaired) electrons. The van der Waals surface area contributed by atoms with Gasteiger partial charge in [-0.15, -0.1) is 11.3 Å². The van der Waals surface area contributed by atoms with Crippen LogP contribution in [-0.4, -0.2) is 37.9 Å². The minimum Gasteiger partial charge on any atom is -0.357 e. The number of nitrogens with zero attached hydrogens (tertiary/aromatic N) is 3. The van der Waals surface area contributed by atoms with E-state index in [2.05, 4.69) is 15.3 Å². The van der Waals surface area contributed by atoms with Crippen molar-refractivity contribution in [3.05, 3.63) is 45.9 Å². The van der Waals surface area contributed by atoms with Crippen molar-refractivity contribution in [3.63, 3.8) is 0 Å². The highest BCUT2D eigenvalue weighted by atomic mass is 32.2. The predicted octanol–water partition coefficient (Wildman–Crippen LogP) is 1.70. The fourth-order valence-corrected chi connectivity index (χ4v) is 3.44. The molecule has 0 unspecified atom stereocenters. The number of sulfonamides is 1. The Labute approximate surface area is 152 Å². The molecular formula is C16H23N5O2S2. The van der Waals surface area contributed by atoms with Crippen molar-refractivity contribution in [1.29, 1.82) is 0 Å². The average molecular weight is 382 g/mol. The van der Waals surface area contributed by atoms with Crippen molar-refractivity contribution in [1.82, 2.24) is 15.2 Å². The fourth-order valence-electron chi connectivity index (χ4n) is 2.26. The highest BCUT2D eigenvalue weighted by Crippen LogP contribution is 2.12. The molecule has 1 aromatic heterocycles. The summed E-state index contributed by atoms with van der Waals surface area (Å²) in [6.07, 6.45) is 0. The summed E-state index contributed by atoms with van der Waals surface area (Å²) in [7, 11) is -1.77. The van der Waals surface area contributed by atoms with Gasteiger partial charge in [-0.3, -0.25) is 0 Å². The van der Waals surface area contributed by atoms with Crippen LogP contribution in [0.5, 0.6) is 0 Å². The number of benzene rings is 1. The molecule has 0 atom stereocenters. The summed E-state index contributed by atoms with van der Waals surface area (Å²) in [5.41, 5.74) is 1.77. The lowest BCUT2D eigenvalue weighted by atomic mass is 10.2. The summed E-state index contributed by atoms with van der Waals surface area (Å²) in [6, 6.07) is 6.52. The van der Waals surface area contributed by atoms with Crippen molar-refractivity contribution < 1.29 is 8.42 Å². The third-order valence-electron chi connectivity index (χ3n) is 3.40. The number of nitrogens with two attached hydrogens (primary N) is 1. The van der Waals surface area contributed by atoms with Crippen molar-refractivity contribution in [2.24, 2.45) is 10.1 Å². The summed E-state index contributed by atoms with van der Waals surface area (Å²) in [5, 5.41) is 11.5. The van der Waals surface area contributed by atoms with E-state index >= 15 is 0 Å². The molecule has 136 valence electrons. The molecule has 2 aromatic rings. The third kappa shape index (κ3) is 5.80. The third-order valence-corrected chi connectivity index (χ3v) is 5.13. The van der Waals surface area contributed by atoms with Gasteiger partial charge >= 0.3 is 0 Å². The smallest absolute Gasteiger partial charge is 0.238 e. The van der Waals surface area contributed by atoms with Crippen LogP contribution in [0.4, 0.5) is 0 Å². The minimum atomic E-state index is -3.71. The van der Waals surface area contributed by atoms with Crippen molar-refractivity contribution in [2.75, 3.05) is 13.6 Å². The predicted molar refractivity (Wildman–Crippen MR) is 101 cm³/mol. The Bertz CT molecular complexity index is 846. The zero-order valence-corrected chi connectivity index (χ0v) is 16.2. The Kier molecular flexibility index (Phi) is 6.51. The molecule has 9 heteroatoms. The number of thiazole rings is 1. The lowest BCUT2D eigenvalue weighted by Gasteiger charge is -2.21.